The van der Waals surface area contributed by atoms with E-state index in [1.54, 1.807) is 17.4 Å². The largest absolute Gasteiger partial charge is 0.481 e. The van der Waals surface area contributed by atoms with Gasteiger partial charge < -0.3 is 9.51 Å². The number of rotatable bonds is 3. The molecule has 2 aromatic heterocycles. The summed E-state index contributed by atoms with van der Waals surface area (Å²) in [6.45, 7) is 1.80. The second-order valence-electron chi connectivity index (χ2n) is 3.61. The second-order valence-corrected chi connectivity index (χ2v) is 3.61. The monoisotopic (exact) mass is 222 g/mol. The van der Waals surface area contributed by atoms with E-state index in [4.69, 9.17) is 5.11 Å². The van der Waals surface area contributed by atoms with Crippen LogP contribution in [0.5, 0.6) is 0 Å². The van der Waals surface area contributed by atoms with Crippen LogP contribution in [0.25, 0.3) is 5.65 Å². The molecule has 0 aliphatic heterocycles. The van der Waals surface area contributed by atoms with Crippen molar-refractivity contribution in [3.8, 4) is 0 Å². The van der Waals surface area contributed by atoms with Crippen molar-refractivity contribution < 1.29 is 14.3 Å². The van der Waals surface area contributed by atoms with E-state index < -0.39 is 5.97 Å². The smallest absolute Gasteiger partial charge is 0.303 e. The van der Waals surface area contributed by atoms with Crippen LogP contribution in [-0.4, -0.2) is 20.5 Å². The summed E-state index contributed by atoms with van der Waals surface area (Å²) in [5.41, 5.74) is 2.13. The number of aliphatic carboxylic acids is 1. The van der Waals surface area contributed by atoms with Gasteiger partial charge in [0, 0.05) is 18.3 Å². The quantitative estimate of drug-likeness (QED) is 0.861. The molecule has 2 heterocycles. The van der Waals surface area contributed by atoms with Gasteiger partial charge in [-0.3, -0.25) is 4.79 Å². The topological polar surface area (TPSA) is 54.6 Å². The standard InChI is InChI=1S/C11H11FN2O2/c1-7-9(3-5-11(15)16)13-10-4-2-8(12)6-14(7)10/h2,4,6H,3,5H2,1H3,(H,15,16). The lowest BCUT2D eigenvalue weighted by atomic mass is 10.2. The summed E-state index contributed by atoms with van der Waals surface area (Å²) in [5.74, 6) is -1.19. The minimum atomic E-state index is -0.859. The van der Waals surface area contributed by atoms with E-state index in [1.165, 1.54) is 12.3 Å². The highest BCUT2D eigenvalue weighted by Crippen LogP contribution is 2.14. The molecule has 0 unspecified atom stereocenters. The Hall–Kier alpha value is -1.91. The van der Waals surface area contributed by atoms with Crippen molar-refractivity contribution in [2.75, 3.05) is 0 Å². The Morgan fingerprint density at radius 3 is 3.00 bits per heavy atom. The first-order chi connectivity index (χ1) is 7.58. The number of carboxylic acid groups (broad SMARTS) is 1. The number of aryl methyl sites for hydroxylation is 2. The molecule has 0 saturated carbocycles. The number of fused-ring (bicyclic) bond motifs is 1. The normalized spacial score (nSPS) is 10.9. The van der Waals surface area contributed by atoms with E-state index in [0.717, 1.165) is 5.69 Å². The second kappa shape index (κ2) is 3.92. The molecule has 0 radical (unpaired) electrons. The lowest BCUT2D eigenvalue weighted by Gasteiger charge is -1.97. The summed E-state index contributed by atoms with van der Waals surface area (Å²) in [6, 6.07) is 2.91. The molecule has 0 aliphatic rings. The first-order valence-electron chi connectivity index (χ1n) is 4.93. The third-order valence-corrected chi connectivity index (χ3v) is 2.50. The molecule has 0 bridgehead atoms. The highest BCUT2D eigenvalue weighted by atomic mass is 19.1. The van der Waals surface area contributed by atoms with Crippen molar-refractivity contribution in [1.29, 1.82) is 0 Å². The summed E-state index contributed by atoms with van der Waals surface area (Å²) in [7, 11) is 0. The fraction of sp³-hybridized carbons (Fsp3) is 0.273. The Kier molecular flexibility index (Phi) is 2.60. The van der Waals surface area contributed by atoms with Crippen LogP contribution in [0.3, 0.4) is 0 Å². The van der Waals surface area contributed by atoms with E-state index in [2.05, 4.69) is 4.98 Å². The Morgan fingerprint density at radius 2 is 2.31 bits per heavy atom. The van der Waals surface area contributed by atoms with Gasteiger partial charge in [0.25, 0.3) is 0 Å². The van der Waals surface area contributed by atoms with Gasteiger partial charge in [0.05, 0.1) is 12.1 Å². The Labute approximate surface area is 91.4 Å². The van der Waals surface area contributed by atoms with Crippen molar-refractivity contribution in [3.63, 3.8) is 0 Å². The average molecular weight is 222 g/mol. The lowest BCUT2D eigenvalue weighted by Crippen LogP contribution is -1.99. The summed E-state index contributed by atoms with van der Waals surface area (Å²) >= 11 is 0. The van der Waals surface area contributed by atoms with Gasteiger partial charge in [-0.25, -0.2) is 9.37 Å². The number of hydrogen-bond acceptors (Lipinski definition) is 2. The minimum Gasteiger partial charge on any atom is -0.481 e. The molecule has 2 rings (SSSR count). The van der Waals surface area contributed by atoms with Gasteiger partial charge in [0.2, 0.25) is 0 Å². The third kappa shape index (κ3) is 1.88. The van der Waals surface area contributed by atoms with E-state index >= 15 is 0 Å². The molecule has 4 nitrogen and oxygen atoms in total. The molecule has 2 aromatic rings. The van der Waals surface area contributed by atoms with Crippen molar-refractivity contribution in [3.05, 3.63) is 35.5 Å². The number of halogens is 1. The Morgan fingerprint density at radius 1 is 1.56 bits per heavy atom. The molecule has 0 aromatic carbocycles. The molecular formula is C11H11FN2O2. The molecule has 0 spiro atoms. The van der Waals surface area contributed by atoms with E-state index in [1.807, 2.05) is 0 Å². The van der Waals surface area contributed by atoms with Gasteiger partial charge in [-0.15, -0.1) is 0 Å². The van der Waals surface area contributed by atoms with Crippen molar-refractivity contribution in [2.45, 2.75) is 19.8 Å². The fourth-order valence-corrected chi connectivity index (χ4v) is 1.65. The van der Waals surface area contributed by atoms with Crippen molar-refractivity contribution in [1.82, 2.24) is 9.38 Å². The zero-order valence-corrected chi connectivity index (χ0v) is 8.77. The third-order valence-electron chi connectivity index (χ3n) is 2.50. The van der Waals surface area contributed by atoms with Crippen LogP contribution in [0.4, 0.5) is 4.39 Å². The van der Waals surface area contributed by atoms with Gasteiger partial charge in [-0.05, 0) is 19.1 Å². The fourth-order valence-electron chi connectivity index (χ4n) is 1.65. The molecule has 1 N–H and O–H groups in total. The zero-order chi connectivity index (χ0) is 11.7. The van der Waals surface area contributed by atoms with E-state index in [9.17, 15) is 9.18 Å². The van der Waals surface area contributed by atoms with Crippen LogP contribution >= 0.6 is 0 Å². The maximum Gasteiger partial charge on any atom is 0.303 e. The molecule has 84 valence electrons. The number of pyridine rings is 1. The van der Waals surface area contributed by atoms with Crippen molar-refractivity contribution in [2.24, 2.45) is 0 Å². The maximum atomic E-state index is 13.0. The summed E-state index contributed by atoms with van der Waals surface area (Å²) in [5, 5.41) is 8.59. The first kappa shape index (κ1) is 10.6. The zero-order valence-electron chi connectivity index (χ0n) is 8.77. The molecule has 5 heteroatoms. The lowest BCUT2D eigenvalue weighted by molar-refractivity contribution is -0.136. The highest BCUT2D eigenvalue weighted by Gasteiger charge is 2.09. The predicted octanol–water partition coefficient (Wildman–Crippen LogP) is 1.80. The van der Waals surface area contributed by atoms with Crippen LogP contribution < -0.4 is 0 Å². The van der Waals surface area contributed by atoms with Gasteiger partial charge in [0.15, 0.2) is 0 Å². The summed E-state index contributed by atoms with van der Waals surface area (Å²) in [4.78, 5) is 14.7. The number of hydrogen-bond donors (Lipinski definition) is 1. The molecular weight excluding hydrogens is 211 g/mol. The number of carboxylic acids is 1. The summed E-state index contributed by atoms with van der Waals surface area (Å²) in [6.07, 6.45) is 1.75. The van der Waals surface area contributed by atoms with Gasteiger partial charge in [-0.2, -0.15) is 0 Å². The summed E-state index contributed by atoms with van der Waals surface area (Å²) < 4.78 is 14.6. The Bertz CT molecular complexity index is 548. The number of imidazole rings is 1. The van der Waals surface area contributed by atoms with E-state index in [-0.39, 0.29) is 12.2 Å². The maximum absolute atomic E-state index is 13.0. The number of aromatic nitrogens is 2. The number of nitrogens with zero attached hydrogens (tertiary/aromatic N) is 2. The Balaban J connectivity index is 2.40. The van der Waals surface area contributed by atoms with Crippen LogP contribution in [0.1, 0.15) is 17.8 Å². The van der Waals surface area contributed by atoms with Crippen molar-refractivity contribution >= 4 is 11.6 Å². The average Bonchev–Trinajstić information content (AvgIpc) is 2.53. The minimum absolute atomic E-state index is 0.0349. The van der Waals surface area contributed by atoms with E-state index in [0.29, 0.717) is 17.8 Å². The van der Waals surface area contributed by atoms with Gasteiger partial charge >= 0.3 is 5.97 Å². The molecule has 0 aliphatic carbocycles. The van der Waals surface area contributed by atoms with Gasteiger partial charge in [0.1, 0.15) is 11.5 Å². The van der Waals surface area contributed by atoms with Crippen LogP contribution in [0.2, 0.25) is 0 Å². The van der Waals surface area contributed by atoms with Crippen LogP contribution in [0.15, 0.2) is 18.3 Å². The molecule has 0 atom stereocenters. The van der Waals surface area contributed by atoms with Crippen LogP contribution in [-0.2, 0) is 11.2 Å². The predicted molar refractivity (Wildman–Crippen MR) is 55.8 cm³/mol. The van der Waals surface area contributed by atoms with Gasteiger partial charge in [-0.1, -0.05) is 0 Å². The SMILES string of the molecule is Cc1c(CCC(=O)O)nc2ccc(F)cn12. The molecule has 0 fully saturated rings. The molecule has 16 heavy (non-hydrogen) atoms. The molecule has 0 saturated heterocycles. The number of carbonyl (C=O) groups is 1. The first-order valence-corrected chi connectivity index (χ1v) is 4.93. The van der Waals surface area contributed by atoms with Crippen LogP contribution in [0, 0.1) is 12.7 Å². The molecule has 0 amide bonds. The highest BCUT2D eigenvalue weighted by molar-refractivity contribution is 5.67.